The summed E-state index contributed by atoms with van der Waals surface area (Å²) in [4.78, 5) is 25.8. The summed E-state index contributed by atoms with van der Waals surface area (Å²) in [5.74, 6) is -0.307. The molecule has 2 N–H and O–H groups in total. The van der Waals surface area contributed by atoms with Gasteiger partial charge in [-0.25, -0.2) is 9.18 Å². The third-order valence-corrected chi connectivity index (χ3v) is 4.34. The highest BCUT2D eigenvalue weighted by atomic mass is 19.1. The number of halogens is 1. The van der Waals surface area contributed by atoms with E-state index in [1.54, 1.807) is 30.1 Å². The molecule has 5 nitrogen and oxygen atoms in total. The van der Waals surface area contributed by atoms with Gasteiger partial charge in [-0.05, 0) is 55.7 Å². The summed E-state index contributed by atoms with van der Waals surface area (Å²) in [6, 6.07) is 13.4. The minimum Gasteiger partial charge on any atom is -0.339 e. The lowest BCUT2D eigenvalue weighted by atomic mass is 10.1. The van der Waals surface area contributed by atoms with Crippen molar-refractivity contribution < 1.29 is 14.0 Å². The summed E-state index contributed by atoms with van der Waals surface area (Å²) in [7, 11) is 1.77. The van der Waals surface area contributed by atoms with Crippen LogP contribution in [0.1, 0.15) is 35.3 Å². The van der Waals surface area contributed by atoms with Crippen LogP contribution in [0.5, 0.6) is 0 Å². The lowest BCUT2D eigenvalue weighted by Crippen LogP contribution is -2.36. The molecule has 0 aliphatic rings. The Kier molecular flexibility index (Phi) is 7.34. The molecule has 0 bridgehead atoms. The topological polar surface area (TPSA) is 61.4 Å². The van der Waals surface area contributed by atoms with E-state index in [0.29, 0.717) is 25.1 Å². The van der Waals surface area contributed by atoms with Crippen molar-refractivity contribution in [3.05, 3.63) is 71.0 Å². The van der Waals surface area contributed by atoms with Gasteiger partial charge in [0.2, 0.25) is 0 Å². The van der Waals surface area contributed by atoms with Crippen LogP contribution in [0.4, 0.5) is 9.18 Å². The van der Waals surface area contributed by atoms with Gasteiger partial charge in [0, 0.05) is 31.7 Å². The Balaban J connectivity index is 1.75. The third-order valence-electron chi connectivity index (χ3n) is 4.34. The van der Waals surface area contributed by atoms with Crippen LogP contribution in [0.2, 0.25) is 0 Å². The predicted octanol–water partition coefficient (Wildman–Crippen LogP) is 3.35. The summed E-state index contributed by atoms with van der Waals surface area (Å²) in [6.45, 7) is 4.71. The number of rotatable bonds is 7. The number of nitrogens with zero attached hydrogens (tertiary/aromatic N) is 1. The second kappa shape index (κ2) is 9.71. The highest BCUT2D eigenvalue weighted by Crippen LogP contribution is 2.09. The Morgan fingerprint density at radius 1 is 1.04 bits per heavy atom. The number of carbonyl (C=O) groups is 2. The molecule has 0 aromatic heterocycles. The molecule has 0 aliphatic heterocycles. The van der Waals surface area contributed by atoms with Gasteiger partial charge in [-0.2, -0.15) is 0 Å². The predicted molar refractivity (Wildman–Crippen MR) is 104 cm³/mol. The van der Waals surface area contributed by atoms with Crippen molar-refractivity contribution in [1.29, 1.82) is 0 Å². The van der Waals surface area contributed by atoms with E-state index in [2.05, 4.69) is 10.6 Å². The van der Waals surface area contributed by atoms with Gasteiger partial charge in [0.05, 0.1) is 0 Å². The average molecular weight is 371 g/mol. The molecule has 0 saturated carbocycles. The molecule has 0 saturated heterocycles. The smallest absolute Gasteiger partial charge is 0.315 e. The van der Waals surface area contributed by atoms with E-state index in [1.807, 2.05) is 32.0 Å². The Morgan fingerprint density at radius 3 is 2.37 bits per heavy atom. The van der Waals surface area contributed by atoms with Gasteiger partial charge < -0.3 is 15.5 Å². The molecule has 0 aliphatic carbocycles. The SMILES string of the molecule is CC(C)N(C)C(=O)c1ccc(CNC(=O)NCCc2cccc(F)c2)cc1. The summed E-state index contributed by atoms with van der Waals surface area (Å²) >= 11 is 0. The highest BCUT2D eigenvalue weighted by molar-refractivity contribution is 5.94. The molecule has 0 unspecified atom stereocenters. The minimum atomic E-state index is -0.286. The first-order valence-corrected chi connectivity index (χ1v) is 8.99. The van der Waals surface area contributed by atoms with Crippen molar-refractivity contribution in [3.8, 4) is 0 Å². The van der Waals surface area contributed by atoms with Gasteiger partial charge in [-0.3, -0.25) is 4.79 Å². The molecule has 0 spiro atoms. The first-order valence-electron chi connectivity index (χ1n) is 8.99. The fraction of sp³-hybridized carbons (Fsp3) is 0.333. The summed E-state index contributed by atoms with van der Waals surface area (Å²) in [6.07, 6.45) is 0.561. The quantitative estimate of drug-likeness (QED) is 0.784. The monoisotopic (exact) mass is 371 g/mol. The summed E-state index contributed by atoms with van der Waals surface area (Å²) < 4.78 is 13.1. The standard InChI is InChI=1S/C21H26FN3O2/c1-15(2)25(3)20(26)18-9-7-17(8-10-18)14-24-21(27)23-12-11-16-5-4-6-19(22)13-16/h4-10,13,15H,11-12,14H2,1-3H3,(H2,23,24,27). The van der Waals surface area contributed by atoms with Gasteiger partial charge in [-0.15, -0.1) is 0 Å². The van der Waals surface area contributed by atoms with Gasteiger partial charge in [-0.1, -0.05) is 24.3 Å². The molecular weight excluding hydrogens is 345 g/mol. The number of hydrogen-bond donors (Lipinski definition) is 2. The van der Waals surface area contributed by atoms with Crippen molar-refractivity contribution in [2.24, 2.45) is 0 Å². The normalized spacial score (nSPS) is 10.6. The largest absolute Gasteiger partial charge is 0.339 e. The van der Waals surface area contributed by atoms with E-state index >= 15 is 0 Å². The summed E-state index contributed by atoms with van der Waals surface area (Å²) in [5, 5.41) is 5.51. The maximum Gasteiger partial charge on any atom is 0.315 e. The van der Waals surface area contributed by atoms with E-state index in [0.717, 1.165) is 11.1 Å². The third kappa shape index (κ3) is 6.40. The fourth-order valence-electron chi connectivity index (χ4n) is 2.46. The van der Waals surface area contributed by atoms with E-state index in [4.69, 9.17) is 0 Å². The highest BCUT2D eigenvalue weighted by Gasteiger charge is 2.13. The number of hydrogen-bond acceptors (Lipinski definition) is 2. The van der Waals surface area contributed by atoms with Crippen LogP contribution < -0.4 is 10.6 Å². The van der Waals surface area contributed by atoms with Gasteiger partial charge in [0.25, 0.3) is 5.91 Å². The molecule has 3 amide bonds. The van der Waals surface area contributed by atoms with E-state index in [-0.39, 0.29) is 23.8 Å². The maximum atomic E-state index is 13.1. The van der Waals surface area contributed by atoms with E-state index < -0.39 is 0 Å². The van der Waals surface area contributed by atoms with E-state index in [9.17, 15) is 14.0 Å². The Bertz CT molecular complexity index is 775. The number of urea groups is 1. The number of benzene rings is 2. The van der Waals surface area contributed by atoms with E-state index in [1.165, 1.54) is 12.1 Å². The molecule has 6 heteroatoms. The van der Waals surface area contributed by atoms with Crippen molar-refractivity contribution in [2.75, 3.05) is 13.6 Å². The lowest BCUT2D eigenvalue weighted by molar-refractivity contribution is 0.0755. The van der Waals surface area contributed by atoms with Gasteiger partial charge >= 0.3 is 6.03 Å². The molecule has 0 heterocycles. The molecule has 2 aromatic carbocycles. The zero-order chi connectivity index (χ0) is 19.8. The zero-order valence-electron chi connectivity index (χ0n) is 16.0. The van der Waals surface area contributed by atoms with Crippen LogP contribution in [0.25, 0.3) is 0 Å². The maximum absolute atomic E-state index is 13.1. The first-order chi connectivity index (χ1) is 12.9. The van der Waals surface area contributed by atoms with Crippen molar-refractivity contribution in [3.63, 3.8) is 0 Å². The van der Waals surface area contributed by atoms with Crippen LogP contribution in [0.15, 0.2) is 48.5 Å². The Morgan fingerprint density at radius 2 is 1.74 bits per heavy atom. The van der Waals surface area contributed by atoms with Crippen LogP contribution in [-0.4, -0.2) is 36.5 Å². The van der Waals surface area contributed by atoms with Crippen molar-refractivity contribution >= 4 is 11.9 Å². The second-order valence-electron chi connectivity index (χ2n) is 6.70. The average Bonchev–Trinajstić information content (AvgIpc) is 2.65. The zero-order valence-corrected chi connectivity index (χ0v) is 16.0. The first kappa shape index (κ1) is 20.4. The molecule has 144 valence electrons. The molecule has 0 radical (unpaired) electrons. The fourth-order valence-corrected chi connectivity index (χ4v) is 2.46. The number of amides is 3. The molecule has 0 fully saturated rings. The van der Waals surface area contributed by atoms with Gasteiger partial charge in [0.15, 0.2) is 0 Å². The molecule has 0 atom stereocenters. The Hall–Kier alpha value is -2.89. The number of carbonyl (C=O) groups excluding carboxylic acids is 2. The van der Waals surface area contributed by atoms with Crippen LogP contribution in [0, 0.1) is 5.82 Å². The summed E-state index contributed by atoms with van der Waals surface area (Å²) in [5.41, 5.74) is 2.36. The lowest BCUT2D eigenvalue weighted by Gasteiger charge is -2.21. The number of nitrogens with one attached hydrogen (secondary N) is 2. The van der Waals surface area contributed by atoms with Gasteiger partial charge in [0.1, 0.15) is 5.82 Å². The molecule has 2 rings (SSSR count). The second-order valence-corrected chi connectivity index (χ2v) is 6.70. The molecular formula is C21H26FN3O2. The Labute approximate surface area is 159 Å². The van der Waals surface area contributed by atoms with Crippen molar-refractivity contribution in [2.45, 2.75) is 32.9 Å². The van der Waals surface area contributed by atoms with Crippen LogP contribution in [-0.2, 0) is 13.0 Å². The molecule has 2 aromatic rings. The minimum absolute atomic E-state index is 0.0281. The van der Waals surface area contributed by atoms with Crippen molar-refractivity contribution in [1.82, 2.24) is 15.5 Å². The molecule has 27 heavy (non-hydrogen) atoms. The van der Waals surface area contributed by atoms with Crippen LogP contribution >= 0.6 is 0 Å². The van der Waals surface area contributed by atoms with Crippen LogP contribution in [0.3, 0.4) is 0 Å².